The molecular weight excluding hydrogens is 212 g/mol. The van der Waals surface area contributed by atoms with Crippen molar-refractivity contribution in [1.82, 2.24) is 0 Å². The SMILES string of the molecule is NC(N)=N/N=C\C(Cl)=C\c1ccccc1. The molecule has 0 bridgehead atoms. The molecule has 0 saturated carbocycles. The Morgan fingerprint density at radius 3 is 2.47 bits per heavy atom. The number of hydrogen-bond acceptors (Lipinski definition) is 2. The first-order valence-electron chi connectivity index (χ1n) is 4.22. The predicted molar refractivity (Wildman–Crippen MR) is 64.6 cm³/mol. The van der Waals surface area contributed by atoms with Gasteiger partial charge >= 0.3 is 0 Å². The van der Waals surface area contributed by atoms with Crippen LogP contribution < -0.4 is 11.5 Å². The van der Waals surface area contributed by atoms with Crippen LogP contribution in [0.2, 0.25) is 0 Å². The number of nitrogens with zero attached hydrogens (tertiary/aromatic N) is 2. The second-order valence-corrected chi connectivity index (χ2v) is 3.15. The van der Waals surface area contributed by atoms with Crippen LogP contribution in [-0.4, -0.2) is 12.2 Å². The zero-order chi connectivity index (χ0) is 11.1. The third kappa shape index (κ3) is 4.83. The van der Waals surface area contributed by atoms with Gasteiger partial charge in [0.15, 0.2) is 0 Å². The van der Waals surface area contributed by atoms with Crippen LogP contribution >= 0.6 is 11.6 Å². The lowest BCUT2D eigenvalue weighted by Gasteiger charge is -1.91. The summed E-state index contributed by atoms with van der Waals surface area (Å²) < 4.78 is 0. The van der Waals surface area contributed by atoms with Crippen molar-refractivity contribution in [3.8, 4) is 0 Å². The van der Waals surface area contributed by atoms with E-state index in [1.54, 1.807) is 6.08 Å². The summed E-state index contributed by atoms with van der Waals surface area (Å²) in [5, 5.41) is 7.45. The maximum absolute atomic E-state index is 5.86. The molecule has 0 atom stereocenters. The van der Waals surface area contributed by atoms with Gasteiger partial charge in [-0.3, -0.25) is 0 Å². The van der Waals surface area contributed by atoms with E-state index in [2.05, 4.69) is 10.2 Å². The molecule has 0 amide bonds. The molecule has 0 aliphatic rings. The molecule has 4 nitrogen and oxygen atoms in total. The molecule has 15 heavy (non-hydrogen) atoms. The van der Waals surface area contributed by atoms with Crippen molar-refractivity contribution >= 4 is 29.9 Å². The first-order valence-corrected chi connectivity index (χ1v) is 4.60. The van der Waals surface area contributed by atoms with Crippen molar-refractivity contribution in [2.24, 2.45) is 21.7 Å². The standard InChI is InChI=1S/C10H11ClN4/c11-9(7-14-15-10(12)13)6-8-4-2-1-3-5-8/h1-7H,(H4,12,13,15)/b9-6-,14-7-. The van der Waals surface area contributed by atoms with Crippen LogP contribution in [0.25, 0.3) is 6.08 Å². The zero-order valence-electron chi connectivity index (χ0n) is 7.97. The summed E-state index contributed by atoms with van der Waals surface area (Å²) in [4.78, 5) is 0. The lowest BCUT2D eigenvalue weighted by atomic mass is 10.2. The molecule has 0 spiro atoms. The largest absolute Gasteiger partial charge is 0.369 e. The molecule has 0 aromatic heterocycles. The Kier molecular flexibility index (Phi) is 4.37. The highest BCUT2D eigenvalue weighted by atomic mass is 35.5. The Balaban J connectivity index is 2.69. The fourth-order valence-corrected chi connectivity index (χ4v) is 1.07. The van der Waals surface area contributed by atoms with E-state index >= 15 is 0 Å². The smallest absolute Gasteiger partial charge is 0.211 e. The Morgan fingerprint density at radius 2 is 1.87 bits per heavy atom. The number of benzene rings is 1. The van der Waals surface area contributed by atoms with E-state index in [1.807, 2.05) is 30.3 Å². The fourth-order valence-electron chi connectivity index (χ4n) is 0.896. The van der Waals surface area contributed by atoms with Crippen LogP contribution in [0.4, 0.5) is 0 Å². The Bertz CT molecular complexity index is 391. The van der Waals surface area contributed by atoms with Crippen LogP contribution in [0.3, 0.4) is 0 Å². The van der Waals surface area contributed by atoms with E-state index < -0.39 is 0 Å². The summed E-state index contributed by atoms with van der Waals surface area (Å²) in [5.41, 5.74) is 11.2. The Hall–Kier alpha value is -1.81. The van der Waals surface area contributed by atoms with Gasteiger partial charge in [-0.15, -0.1) is 5.10 Å². The molecule has 0 fully saturated rings. The van der Waals surface area contributed by atoms with E-state index in [9.17, 15) is 0 Å². The molecule has 4 N–H and O–H groups in total. The monoisotopic (exact) mass is 222 g/mol. The number of hydrogen-bond donors (Lipinski definition) is 2. The molecule has 0 saturated heterocycles. The maximum Gasteiger partial charge on any atom is 0.211 e. The van der Waals surface area contributed by atoms with Gasteiger partial charge in [0, 0.05) is 0 Å². The van der Waals surface area contributed by atoms with Crippen LogP contribution in [0.5, 0.6) is 0 Å². The lowest BCUT2D eigenvalue weighted by molar-refractivity contribution is 1.22. The topological polar surface area (TPSA) is 76.8 Å². The minimum atomic E-state index is -0.101. The van der Waals surface area contributed by atoms with E-state index in [-0.39, 0.29) is 5.96 Å². The van der Waals surface area contributed by atoms with Crippen molar-refractivity contribution in [3.63, 3.8) is 0 Å². The number of nitrogens with two attached hydrogens (primary N) is 2. The molecule has 0 unspecified atom stereocenters. The van der Waals surface area contributed by atoms with Gasteiger partial charge in [0.2, 0.25) is 5.96 Å². The van der Waals surface area contributed by atoms with E-state index in [4.69, 9.17) is 23.1 Å². The summed E-state index contributed by atoms with van der Waals surface area (Å²) in [6, 6.07) is 9.62. The van der Waals surface area contributed by atoms with Crippen molar-refractivity contribution in [2.45, 2.75) is 0 Å². The zero-order valence-corrected chi connectivity index (χ0v) is 8.72. The maximum atomic E-state index is 5.86. The highest BCUT2D eigenvalue weighted by Gasteiger charge is 1.88. The first kappa shape index (κ1) is 11.3. The highest BCUT2D eigenvalue weighted by molar-refractivity contribution is 6.41. The molecule has 0 aliphatic carbocycles. The van der Waals surface area contributed by atoms with Crippen molar-refractivity contribution in [2.75, 3.05) is 0 Å². The number of halogens is 1. The van der Waals surface area contributed by atoms with E-state index in [0.717, 1.165) is 5.56 Å². The molecule has 1 aromatic rings. The van der Waals surface area contributed by atoms with Crippen molar-refractivity contribution < 1.29 is 0 Å². The summed E-state index contributed by atoms with van der Waals surface area (Å²) in [6.45, 7) is 0. The molecule has 1 aromatic carbocycles. The van der Waals surface area contributed by atoms with Gasteiger partial charge < -0.3 is 11.5 Å². The summed E-state index contributed by atoms with van der Waals surface area (Å²) in [6.07, 6.45) is 3.13. The minimum Gasteiger partial charge on any atom is -0.369 e. The molecule has 5 heteroatoms. The highest BCUT2D eigenvalue weighted by Crippen LogP contribution is 2.07. The average Bonchev–Trinajstić information content (AvgIpc) is 2.18. The van der Waals surface area contributed by atoms with Crippen molar-refractivity contribution in [1.29, 1.82) is 0 Å². The normalized spacial score (nSPS) is 11.7. The molecule has 1 rings (SSSR count). The average molecular weight is 223 g/mol. The summed E-state index contributed by atoms with van der Waals surface area (Å²) >= 11 is 5.86. The van der Waals surface area contributed by atoms with E-state index in [0.29, 0.717) is 5.03 Å². The van der Waals surface area contributed by atoms with E-state index in [1.165, 1.54) is 6.21 Å². The Labute approximate surface area is 92.9 Å². The second-order valence-electron chi connectivity index (χ2n) is 2.71. The third-order valence-electron chi connectivity index (χ3n) is 1.46. The summed E-state index contributed by atoms with van der Waals surface area (Å²) in [5.74, 6) is -0.101. The van der Waals surface area contributed by atoms with Gasteiger partial charge in [-0.05, 0) is 11.6 Å². The molecular formula is C10H11ClN4. The number of guanidine groups is 1. The summed E-state index contributed by atoms with van der Waals surface area (Å²) in [7, 11) is 0. The predicted octanol–water partition coefficient (Wildman–Crippen LogP) is 1.53. The van der Waals surface area contributed by atoms with Gasteiger partial charge in [0.05, 0.1) is 11.2 Å². The van der Waals surface area contributed by atoms with Crippen LogP contribution in [-0.2, 0) is 0 Å². The molecule has 0 heterocycles. The van der Waals surface area contributed by atoms with Gasteiger partial charge in [-0.2, -0.15) is 5.10 Å². The fraction of sp³-hybridized carbons (Fsp3) is 0. The van der Waals surface area contributed by atoms with Crippen LogP contribution in [0.15, 0.2) is 45.6 Å². The number of rotatable bonds is 3. The van der Waals surface area contributed by atoms with Gasteiger partial charge in [0.1, 0.15) is 0 Å². The van der Waals surface area contributed by atoms with Crippen molar-refractivity contribution in [3.05, 3.63) is 40.9 Å². The molecule has 0 radical (unpaired) electrons. The molecule has 0 aliphatic heterocycles. The Morgan fingerprint density at radius 1 is 1.20 bits per heavy atom. The minimum absolute atomic E-state index is 0.101. The van der Waals surface area contributed by atoms with Gasteiger partial charge in [0.25, 0.3) is 0 Å². The second kappa shape index (κ2) is 5.82. The third-order valence-corrected chi connectivity index (χ3v) is 1.67. The van der Waals surface area contributed by atoms with Crippen LogP contribution in [0, 0.1) is 0 Å². The quantitative estimate of drug-likeness (QED) is 0.462. The molecule has 78 valence electrons. The number of allylic oxidation sites excluding steroid dienone is 1. The van der Waals surface area contributed by atoms with Crippen LogP contribution in [0.1, 0.15) is 5.56 Å². The first-order chi connectivity index (χ1) is 7.18. The van der Waals surface area contributed by atoms with Gasteiger partial charge in [-0.25, -0.2) is 0 Å². The van der Waals surface area contributed by atoms with Gasteiger partial charge in [-0.1, -0.05) is 41.9 Å². The lowest BCUT2D eigenvalue weighted by Crippen LogP contribution is -2.21.